The molecule has 4 N–H and O–H groups in total. The van der Waals surface area contributed by atoms with E-state index in [0.717, 1.165) is 0 Å². The van der Waals surface area contributed by atoms with E-state index in [4.69, 9.17) is 33.8 Å². The molecule has 0 heterocycles. The summed E-state index contributed by atoms with van der Waals surface area (Å²) in [6.45, 7) is 2.30. The van der Waals surface area contributed by atoms with Gasteiger partial charge in [-0.2, -0.15) is 0 Å². The minimum atomic E-state index is -0.666. The van der Waals surface area contributed by atoms with Crippen molar-refractivity contribution in [3.63, 3.8) is 0 Å². The summed E-state index contributed by atoms with van der Waals surface area (Å²) < 4.78 is 18.2. The van der Waals surface area contributed by atoms with Gasteiger partial charge in [-0.25, -0.2) is 15.2 Å². The highest BCUT2D eigenvalue weighted by Crippen LogP contribution is 2.27. The molecule has 0 aliphatic heterocycles. The lowest BCUT2D eigenvalue weighted by atomic mass is 10.3. The first-order chi connectivity index (χ1) is 8.97. The smallest absolute Gasteiger partial charge is 0.210 e. The van der Waals surface area contributed by atoms with Gasteiger partial charge in [-0.1, -0.05) is 23.2 Å². The number of nitrogens with zero attached hydrogens (tertiary/aromatic N) is 1. The van der Waals surface area contributed by atoms with Crippen LogP contribution in [-0.2, 0) is 4.74 Å². The van der Waals surface area contributed by atoms with Gasteiger partial charge in [0, 0.05) is 12.8 Å². The third-order valence-corrected chi connectivity index (χ3v) is 2.69. The van der Waals surface area contributed by atoms with Crippen LogP contribution in [0.3, 0.4) is 0 Å². The average Bonchev–Trinajstić information content (AvgIpc) is 2.35. The molecule has 0 amide bonds. The van der Waals surface area contributed by atoms with E-state index in [9.17, 15) is 4.39 Å². The maximum Gasteiger partial charge on any atom is 0.210 e. The number of benzene rings is 1. The van der Waals surface area contributed by atoms with Crippen molar-refractivity contribution < 1.29 is 9.13 Å². The molecule has 0 aromatic heterocycles. The summed E-state index contributed by atoms with van der Waals surface area (Å²) >= 11 is 11.4. The van der Waals surface area contributed by atoms with Gasteiger partial charge in [-0.3, -0.25) is 5.43 Å². The van der Waals surface area contributed by atoms with Crippen molar-refractivity contribution in [3.05, 3.63) is 28.0 Å². The summed E-state index contributed by atoms with van der Waals surface area (Å²) in [6.07, 6.45) is 0. The summed E-state index contributed by atoms with van der Waals surface area (Å²) in [7, 11) is 1.58. The summed E-state index contributed by atoms with van der Waals surface area (Å²) in [4.78, 5) is 4.23. The molecule has 19 heavy (non-hydrogen) atoms. The Morgan fingerprint density at radius 2 is 2.05 bits per heavy atom. The van der Waals surface area contributed by atoms with Crippen LogP contribution >= 0.6 is 23.2 Å². The minimum Gasteiger partial charge on any atom is -0.382 e. The van der Waals surface area contributed by atoms with Crippen LogP contribution in [0.5, 0.6) is 0 Å². The molecule has 1 aromatic carbocycles. The number of hydrazine groups is 1. The second-order valence-electron chi connectivity index (χ2n) is 3.81. The van der Waals surface area contributed by atoms with Gasteiger partial charge in [0.2, 0.25) is 5.96 Å². The van der Waals surface area contributed by atoms with Gasteiger partial charge >= 0.3 is 0 Å². The fourth-order valence-electron chi connectivity index (χ4n) is 1.37. The van der Waals surface area contributed by atoms with Crippen LogP contribution in [0.15, 0.2) is 17.1 Å². The molecule has 0 aliphatic carbocycles. The number of nitrogens with two attached hydrogens (primary N) is 1. The van der Waals surface area contributed by atoms with E-state index in [0.29, 0.717) is 18.3 Å². The Labute approximate surface area is 120 Å². The zero-order valence-corrected chi connectivity index (χ0v) is 12.0. The number of aliphatic imine (C=N–C) groups is 1. The topological polar surface area (TPSA) is 71.7 Å². The molecule has 5 nitrogen and oxygen atoms in total. The van der Waals surface area contributed by atoms with Crippen LogP contribution in [0.2, 0.25) is 10.0 Å². The number of anilines is 1. The van der Waals surface area contributed by atoms with Crippen molar-refractivity contribution in [2.24, 2.45) is 10.8 Å². The number of hydrogen-bond donors (Lipinski definition) is 3. The molecule has 0 aliphatic rings. The number of nitrogens with one attached hydrogen (secondary N) is 2. The van der Waals surface area contributed by atoms with Gasteiger partial charge in [-0.05, 0) is 19.1 Å². The fourth-order valence-corrected chi connectivity index (χ4v) is 1.86. The number of halogens is 3. The van der Waals surface area contributed by atoms with Crippen molar-refractivity contribution in [1.82, 2.24) is 5.43 Å². The Balaban J connectivity index is 2.87. The molecule has 0 spiro atoms. The predicted molar refractivity (Wildman–Crippen MR) is 76.1 cm³/mol. The summed E-state index contributed by atoms with van der Waals surface area (Å²) in [5.41, 5.74) is 2.87. The van der Waals surface area contributed by atoms with E-state index < -0.39 is 5.82 Å². The first-order valence-electron chi connectivity index (χ1n) is 5.42. The molecule has 1 aromatic rings. The van der Waals surface area contributed by atoms with E-state index in [1.807, 2.05) is 6.92 Å². The van der Waals surface area contributed by atoms with E-state index in [-0.39, 0.29) is 16.1 Å². The van der Waals surface area contributed by atoms with Crippen LogP contribution in [0.1, 0.15) is 6.92 Å². The highest BCUT2D eigenvalue weighted by Gasteiger charge is 2.09. The molecule has 1 atom stereocenters. The number of guanidine groups is 1. The zero-order chi connectivity index (χ0) is 14.4. The van der Waals surface area contributed by atoms with E-state index in [1.54, 1.807) is 7.11 Å². The van der Waals surface area contributed by atoms with Gasteiger partial charge in [-0.15, -0.1) is 0 Å². The Morgan fingerprint density at radius 1 is 1.47 bits per heavy atom. The third-order valence-electron chi connectivity index (χ3n) is 2.14. The largest absolute Gasteiger partial charge is 0.382 e. The highest BCUT2D eigenvalue weighted by molar-refractivity contribution is 6.35. The van der Waals surface area contributed by atoms with Crippen LogP contribution in [0.25, 0.3) is 0 Å². The Bertz CT molecular complexity index is 447. The second-order valence-corrected chi connectivity index (χ2v) is 4.62. The van der Waals surface area contributed by atoms with Gasteiger partial charge in [0.1, 0.15) is 0 Å². The Kier molecular flexibility index (Phi) is 6.30. The maximum atomic E-state index is 13.3. The van der Waals surface area contributed by atoms with Crippen LogP contribution < -0.4 is 16.6 Å². The lowest BCUT2D eigenvalue weighted by Crippen LogP contribution is -2.37. The summed E-state index contributed by atoms with van der Waals surface area (Å²) in [6, 6.07) is 2.67. The predicted octanol–water partition coefficient (Wildman–Crippen LogP) is 2.40. The molecule has 8 heteroatoms. The van der Waals surface area contributed by atoms with Crippen LogP contribution in [0.4, 0.5) is 10.1 Å². The number of hydrogen-bond acceptors (Lipinski definition) is 3. The van der Waals surface area contributed by atoms with Crippen molar-refractivity contribution in [2.45, 2.75) is 13.0 Å². The first kappa shape index (κ1) is 16.0. The fraction of sp³-hybridized carbons (Fsp3) is 0.364. The molecule has 0 bridgehead atoms. The summed E-state index contributed by atoms with van der Waals surface area (Å²) in [5.74, 6) is 4.98. The molecular weight excluding hydrogens is 294 g/mol. The number of ether oxygens (including phenoxy) is 1. The van der Waals surface area contributed by atoms with Gasteiger partial charge in [0.05, 0.1) is 22.7 Å². The lowest BCUT2D eigenvalue weighted by molar-refractivity contribution is 0.185. The molecule has 0 saturated heterocycles. The Morgan fingerprint density at radius 3 is 2.53 bits per heavy atom. The molecule has 0 saturated carbocycles. The Hall–Kier alpha value is -1.08. The van der Waals surface area contributed by atoms with Crippen LogP contribution in [0, 0.1) is 5.82 Å². The van der Waals surface area contributed by atoms with Crippen molar-refractivity contribution in [1.29, 1.82) is 0 Å². The average molecular weight is 309 g/mol. The summed E-state index contributed by atoms with van der Waals surface area (Å²) in [5, 5.41) is 2.68. The van der Waals surface area contributed by atoms with Gasteiger partial charge in [0.15, 0.2) is 5.82 Å². The van der Waals surface area contributed by atoms with E-state index >= 15 is 0 Å². The standard InChI is InChI=1S/C11H15Cl2FN4O/c1-6(5-19-2)16-11(18-15)17-7-3-8(12)10(14)9(13)4-7/h3-4,6H,5,15H2,1-2H3,(H2,16,17,18). The van der Waals surface area contributed by atoms with Gasteiger partial charge < -0.3 is 10.1 Å². The quantitative estimate of drug-likeness (QED) is 0.263. The number of methoxy groups -OCH3 is 1. The molecule has 1 unspecified atom stereocenters. The lowest BCUT2D eigenvalue weighted by Gasteiger charge is -2.13. The van der Waals surface area contributed by atoms with Gasteiger partial charge in [0.25, 0.3) is 0 Å². The maximum absolute atomic E-state index is 13.3. The van der Waals surface area contributed by atoms with E-state index in [2.05, 4.69) is 15.7 Å². The van der Waals surface area contributed by atoms with Crippen LogP contribution in [-0.4, -0.2) is 25.7 Å². The molecule has 0 radical (unpaired) electrons. The second kappa shape index (κ2) is 7.49. The van der Waals surface area contributed by atoms with Crippen molar-refractivity contribution in [2.75, 3.05) is 19.0 Å². The van der Waals surface area contributed by atoms with E-state index in [1.165, 1.54) is 12.1 Å². The van der Waals surface area contributed by atoms with Crippen molar-refractivity contribution >= 4 is 34.8 Å². The third kappa shape index (κ3) is 4.83. The number of rotatable bonds is 4. The molecule has 0 fully saturated rings. The first-order valence-corrected chi connectivity index (χ1v) is 6.18. The van der Waals surface area contributed by atoms with Crippen molar-refractivity contribution in [3.8, 4) is 0 Å². The zero-order valence-electron chi connectivity index (χ0n) is 10.5. The normalized spacial score (nSPS) is 13.3. The minimum absolute atomic E-state index is 0.0867. The highest BCUT2D eigenvalue weighted by atomic mass is 35.5. The molecule has 106 valence electrons. The monoisotopic (exact) mass is 308 g/mol. The molecular formula is C11H15Cl2FN4O. The SMILES string of the molecule is COCC(C)N=C(NN)Nc1cc(Cl)c(F)c(Cl)c1. The molecule has 1 rings (SSSR count).